The smallest absolute Gasteiger partial charge is 0.293 e. The fourth-order valence-corrected chi connectivity index (χ4v) is 3.96. The number of hydrogen-bond acceptors (Lipinski definition) is 4. The summed E-state index contributed by atoms with van der Waals surface area (Å²) in [5, 5.41) is 6.43. The van der Waals surface area contributed by atoms with E-state index in [-0.39, 0.29) is 23.6 Å². The number of likely N-dealkylation sites (tertiary alicyclic amines) is 1. The second kappa shape index (κ2) is 6.99. The third-order valence-corrected chi connectivity index (χ3v) is 5.54. The van der Waals surface area contributed by atoms with E-state index in [1.54, 1.807) is 16.8 Å². The van der Waals surface area contributed by atoms with Crippen LogP contribution in [0.25, 0.3) is 16.4 Å². The Labute approximate surface area is 155 Å². The SMILES string of the molecule is CC1CCCCN1C(=O)c1nc(-c2cccs2)n(-c2ccc(F)cc2)n1. The second-order valence-corrected chi connectivity index (χ2v) is 7.42. The fraction of sp³-hybridized carbons (Fsp3) is 0.316. The summed E-state index contributed by atoms with van der Waals surface area (Å²) in [5.74, 6) is 0.326. The van der Waals surface area contributed by atoms with Gasteiger partial charge in [-0.3, -0.25) is 4.79 Å². The van der Waals surface area contributed by atoms with Crippen LogP contribution in [0.4, 0.5) is 4.39 Å². The zero-order valence-corrected chi connectivity index (χ0v) is 15.2. The number of rotatable bonds is 3. The van der Waals surface area contributed by atoms with Crippen LogP contribution in [0.3, 0.4) is 0 Å². The molecule has 0 spiro atoms. The number of piperidine rings is 1. The Bertz CT molecular complexity index is 904. The Hall–Kier alpha value is -2.54. The van der Waals surface area contributed by atoms with Crippen LogP contribution in [-0.2, 0) is 0 Å². The molecule has 1 aromatic carbocycles. The van der Waals surface area contributed by atoms with Crippen LogP contribution in [0.15, 0.2) is 41.8 Å². The van der Waals surface area contributed by atoms with Gasteiger partial charge in [0.1, 0.15) is 5.82 Å². The molecule has 5 nitrogen and oxygen atoms in total. The van der Waals surface area contributed by atoms with Gasteiger partial charge in [0.05, 0.1) is 10.6 Å². The summed E-state index contributed by atoms with van der Waals surface area (Å²) in [6, 6.07) is 10.1. The third-order valence-electron chi connectivity index (χ3n) is 4.68. The van der Waals surface area contributed by atoms with Crippen molar-refractivity contribution < 1.29 is 9.18 Å². The van der Waals surface area contributed by atoms with Crippen LogP contribution >= 0.6 is 11.3 Å². The molecule has 2 aromatic heterocycles. The van der Waals surface area contributed by atoms with Gasteiger partial charge in [0, 0.05) is 12.6 Å². The summed E-state index contributed by atoms with van der Waals surface area (Å²) in [6.07, 6.45) is 3.15. The van der Waals surface area contributed by atoms with Gasteiger partial charge in [0.15, 0.2) is 5.82 Å². The predicted molar refractivity (Wildman–Crippen MR) is 99.0 cm³/mol. The molecule has 1 fully saturated rings. The molecule has 134 valence electrons. The van der Waals surface area contributed by atoms with Crippen molar-refractivity contribution >= 4 is 17.2 Å². The van der Waals surface area contributed by atoms with E-state index >= 15 is 0 Å². The van der Waals surface area contributed by atoms with E-state index in [0.29, 0.717) is 11.5 Å². The highest BCUT2D eigenvalue weighted by molar-refractivity contribution is 7.13. The molecule has 1 unspecified atom stereocenters. The summed E-state index contributed by atoms with van der Waals surface area (Å²) in [4.78, 5) is 20.3. The van der Waals surface area contributed by atoms with E-state index in [1.165, 1.54) is 23.5 Å². The normalized spacial score (nSPS) is 17.5. The fourth-order valence-electron chi connectivity index (χ4n) is 3.26. The van der Waals surface area contributed by atoms with Crippen molar-refractivity contribution in [2.24, 2.45) is 0 Å². The predicted octanol–water partition coefficient (Wildman–Crippen LogP) is 4.15. The van der Waals surface area contributed by atoms with E-state index in [2.05, 4.69) is 17.0 Å². The molecule has 1 aliphatic heterocycles. The van der Waals surface area contributed by atoms with Gasteiger partial charge in [-0.2, -0.15) is 0 Å². The lowest BCUT2D eigenvalue weighted by atomic mass is 10.0. The largest absolute Gasteiger partial charge is 0.333 e. The van der Waals surface area contributed by atoms with Crippen molar-refractivity contribution in [1.29, 1.82) is 0 Å². The van der Waals surface area contributed by atoms with Gasteiger partial charge in [0.2, 0.25) is 5.82 Å². The molecule has 3 heterocycles. The number of benzene rings is 1. The molecule has 0 radical (unpaired) electrons. The molecule has 0 saturated carbocycles. The summed E-state index contributed by atoms with van der Waals surface area (Å²) >= 11 is 1.53. The Morgan fingerprint density at radius 2 is 2.04 bits per heavy atom. The summed E-state index contributed by atoms with van der Waals surface area (Å²) in [6.45, 7) is 2.80. The lowest BCUT2D eigenvalue weighted by Gasteiger charge is -2.32. The van der Waals surface area contributed by atoms with Crippen LogP contribution in [0.5, 0.6) is 0 Å². The average Bonchev–Trinajstić information content (AvgIpc) is 3.32. The first-order valence-electron chi connectivity index (χ1n) is 8.71. The van der Waals surface area contributed by atoms with Crippen molar-refractivity contribution in [3.05, 3.63) is 53.4 Å². The molecule has 0 N–H and O–H groups in total. The molecular weight excluding hydrogens is 351 g/mol. The molecule has 0 aliphatic carbocycles. The highest BCUT2D eigenvalue weighted by Crippen LogP contribution is 2.27. The number of hydrogen-bond donors (Lipinski definition) is 0. The molecule has 1 saturated heterocycles. The van der Waals surface area contributed by atoms with Crippen LogP contribution < -0.4 is 0 Å². The lowest BCUT2D eigenvalue weighted by molar-refractivity contribution is 0.0623. The zero-order valence-electron chi connectivity index (χ0n) is 14.4. The van der Waals surface area contributed by atoms with Crippen molar-refractivity contribution in [1.82, 2.24) is 19.7 Å². The molecule has 26 heavy (non-hydrogen) atoms. The monoisotopic (exact) mass is 370 g/mol. The quantitative estimate of drug-likeness (QED) is 0.696. The van der Waals surface area contributed by atoms with E-state index < -0.39 is 0 Å². The number of amides is 1. The van der Waals surface area contributed by atoms with E-state index in [9.17, 15) is 9.18 Å². The minimum atomic E-state index is -0.315. The minimum Gasteiger partial charge on any atom is -0.333 e. The number of halogens is 1. The van der Waals surface area contributed by atoms with E-state index in [0.717, 1.165) is 30.7 Å². The molecule has 3 aromatic rings. The highest BCUT2D eigenvalue weighted by Gasteiger charge is 2.28. The number of aromatic nitrogens is 3. The molecule has 1 amide bonds. The Balaban J connectivity index is 1.76. The van der Waals surface area contributed by atoms with Gasteiger partial charge in [-0.15, -0.1) is 16.4 Å². The Morgan fingerprint density at radius 1 is 1.23 bits per heavy atom. The van der Waals surface area contributed by atoms with Crippen LogP contribution in [-0.4, -0.2) is 38.2 Å². The van der Waals surface area contributed by atoms with Crippen molar-refractivity contribution in [3.8, 4) is 16.4 Å². The average molecular weight is 370 g/mol. The van der Waals surface area contributed by atoms with Gasteiger partial charge >= 0.3 is 0 Å². The standard InChI is InChI=1S/C19H19FN4OS/c1-13-5-2-3-11-23(13)19(25)17-21-18(16-6-4-12-26-16)24(22-17)15-9-7-14(20)8-10-15/h4,6-10,12-13H,2-3,5,11H2,1H3. The molecule has 1 atom stereocenters. The first-order valence-corrected chi connectivity index (χ1v) is 9.59. The molecule has 4 rings (SSSR count). The first-order chi connectivity index (χ1) is 12.6. The van der Waals surface area contributed by atoms with Crippen molar-refractivity contribution in [3.63, 3.8) is 0 Å². The molecule has 0 bridgehead atoms. The van der Waals surface area contributed by atoms with Crippen LogP contribution in [0.1, 0.15) is 36.8 Å². The number of thiophene rings is 1. The first kappa shape index (κ1) is 16.9. The molecule has 1 aliphatic rings. The maximum absolute atomic E-state index is 13.3. The van der Waals surface area contributed by atoms with Gasteiger partial charge in [-0.25, -0.2) is 14.1 Å². The maximum atomic E-state index is 13.3. The topological polar surface area (TPSA) is 51.0 Å². The number of nitrogens with zero attached hydrogens (tertiary/aromatic N) is 4. The van der Waals surface area contributed by atoms with Crippen molar-refractivity contribution in [2.75, 3.05) is 6.54 Å². The Kier molecular flexibility index (Phi) is 4.55. The van der Waals surface area contributed by atoms with Crippen molar-refractivity contribution in [2.45, 2.75) is 32.2 Å². The third kappa shape index (κ3) is 3.14. The second-order valence-electron chi connectivity index (χ2n) is 6.47. The highest BCUT2D eigenvalue weighted by atomic mass is 32.1. The van der Waals surface area contributed by atoms with Crippen LogP contribution in [0.2, 0.25) is 0 Å². The molecular formula is C19H19FN4OS. The van der Waals surface area contributed by atoms with E-state index in [4.69, 9.17) is 0 Å². The van der Waals surface area contributed by atoms with Gasteiger partial charge < -0.3 is 4.90 Å². The molecule has 7 heteroatoms. The summed E-state index contributed by atoms with van der Waals surface area (Å²) < 4.78 is 14.9. The number of carbonyl (C=O) groups is 1. The lowest BCUT2D eigenvalue weighted by Crippen LogP contribution is -2.42. The summed E-state index contributed by atoms with van der Waals surface area (Å²) in [7, 11) is 0. The summed E-state index contributed by atoms with van der Waals surface area (Å²) in [5.41, 5.74) is 0.674. The van der Waals surface area contributed by atoms with Gasteiger partial charge in [-0.1, -0.05) is 6.07 Å². The van der Waals surface area contributed by atoms with Gasteiger partial charge in [-0.05, 0) is 61.9 Å². The minimum absolute atomic E-state index is 0.143. The van der Waals surface area contributed by atoms with E-state index in [1.807, 2.05) is 22.4 Å². The van der Waals surface area contributed by atoms with Gasteiger partial charge in [0.25, 0.3) is 5.91 Å². The maximum Gasteiger partial charge on any atom is 0.293 e. The van der Waals surface area contributed by atoms with Crippen LogP contribution in [0, 0.1) is 5.82 Å². The number of carbonyl (C=O) groups excluding carboxylic acids is 1. The zero-order chi connectivity index (χ0) is 18.1. The Morgan fingerprint density at radius 3 is 2.73 bits per heavy atom.